The highest BCUT2D eigenvalue weighted by Crippen LogP contribution is 2.75. The van der Waals surface area contributed by atoms with Gasteiger partial charge in [-0.05, 0) is 90.8 Å². The third-order valence-electron chi connectivity index (χ3n) is 12.5. The van der Waals surface area contributed by atoms with Crippen LogP contribution in [0.5, 0.6) is 0 Å². The Morgan fingerprint density at radius 2 is 1.66 bits per heavy atom. The predicted octanol–water partition coefficient (Wildman–Crippen LogP) is 7.46. The molecule has 5 aliphatic carbocycles. The molecule has 190 valence electrons. The second-order valence-corrected chi connectivity index (χ2v) is 14.7. The lowest BCUT2D eigenvalue weighted by Gasteiger charge is -2.69. The highest BCUT2D eigenvalue weighted by atomic mass is 16.4. The Morgan fingerprint density at radius 3 is 2.29 bits per heavy atom. The second-order valence-electron chi connectivity index (χ2n) is 14.7. The van der Waals surface area contributed by atoms with Crippen LogP contribution in [0.4, 0.5) is 0 Å². The summed E-state index contributed by atoms with van der Waals surface area (Å²) in [4.78, 5) is 29.7. The summed E-state index contributed by atoms with van der Waals surface area (Å²) in [6.07, 6.45) is 11.8. The van der Waals surface area contributed by atoms with Crippen molar-refractivity contribution in [3.8, 4) is 0 Å². The number of carbonyl (C=O) groups is 2. The molecule has 5 aliphatic rings. The van der Waals surface area contributed by atoms with Crippen LogP contribution in [0.3, 0.4) is 0 Å². The number of allylic oxidation sites excluding steroid dienone is 4. The molecule has 3 saturated carbocycles. The maximum atomic E-state index is 13.2. The highest BCUT2D eigenvalue weighted by molar-refractivity contribution is 6.02. The van der Waals surface area contributed by atoms with Gasteiger partial charge in [-0.25, -0.2) is 4.85 Å². The van der Waals surface area contributed by atoms with Gasteiger partial charge in [-0.1, -0.05) is 66.2 Å². The summed E-state index contributed by atoms with van der Waals surface area (Å²) in [6, 6.07) is 0. The summed E-state index contributed by atoms with van der Waals surface area (Å²) in [5.41, 5.74) is 0.470. The number of carbonyl (C=O) groups excluding carboxylic acids is 1. The van der Waals surface area contributed by atoms with Crippen molar-refractivity contribution < 1.29 is 14.7 Å². The first-order valence-electron chi connectivity index (χ1n) is 13.7. The molecule has 5 rings (SSSR count). The van der Waals surface area contributed by atoms with Crippen molar-refractivity contribution in [1.82, 2.24) is 0 Å². The van der Waals surface area contributed by atoms with Gasteiger partial charge in [0.1, 0.15) is 0 Å². The number of aliphatic carboxylic acids is 1. The topological polar surface area (TPSA) is 58.7 Å². The van der Waals surface area contributed by atoms with Crippen LogP contribution in [0.2, 0.25) is 0 Å². The maximum absolute atomic E-state index is 13.2. The smallest absolute Gasteiger partial charge is 0.310 e. The van der Waals surface area contributed by atoms with Gasteiger partial charge in [0.2, 0.25) is 5.70 Å². The number of ketones is 1. The zero-order valence-corrected chi connectivity index (χ0v) is 22.8. The largest absolute Gasteiger partial charge is 0.481 e. The van der Waals surface area contributed by atoms with Gasteiger partial charge in [-0.3, -0.25) is 4.79 Å². The predicted molar refractivity (Wildman–Crippen MR) is 137 cm³/mol. The molecule has 0 heterocycles. The number of rotatable bonds is 1. The van der Waals surface area contributed by atoms with E-state index in [1.165, 1.54) is 5.57 Å². The van der Waals surface area contributed by atoms with E-state index in [2.05, 4.69) is 65.5 Å². The van der Waals surface area contributed by atoms with E-state index < -0.39 is 16.8 Å². The van der Waals surface area contributed by atoms with Gasteiger partial charge in [-0.2, -0.15) is 0 Å². The van der Waals surface area contributed by atoms with E-state index in [1.54, 1.807) is 0 Å². The summed E-state index contributed by atoms with van der Waals surface area (Å²) in [5.74, 6) is 0.0660. The number of nitrogens with zero attached hydrogens (tertiary/aromatic N) is 1. The van der Waals surface area contributed by atoms with Crippen LogP contribution in [-0.2, 0) is 9.59 Å². The van der Waals surface area contributed by atoms with Crippen LogP contribution in [0.1, 0.15) is 99.8 Å². The quantitative estimate of drug-likeness (QED) is 0.315. The molecule has 4 nitrogen and oxygen atoms in total. The normalized spacial score (nSPS) is 47.6. The Kier molecular flexibility index (Phi) is 5.04. The average molecular weight is 478 g/mol. The summed E-state index contributed by atoms with van der Waals surface area (Å²) >= 11 is 0. The number of hydrogen-bond acceptors (Lipinski definition) is 2. The molecule has 3 fully saturated rings. The first-order chi connectivity index (χ1) is 16.1. The molecule has 0 radical (unpaired) electrons. The van der Waals surface area contributed by atoms with Crippen LogP contribution in [0.25, 0.3) is 4.85 Å². The fraction of sp³-hybridized carbons (Fsp3) is 0.774. The van der Waals surface area contributed by atoms with Crippen LogP contribution >= 0.6 is 0 Å². The molecule has 0 amide bonds. The Labute approximate surface area is 211 Å². The molecule has 4 heteroatoms. The molecule has 0 unspecified atom stereocenters. The van der Waals surface area contributed by atoms with Gasteiger partial charge < -0.3 is 9.90 Å². The summed E-state index contributed by atoms with van der Waals surface area (Å²) in [5, 5.41) is 10.5. The van der Waals surface area contributed by atoms with Crippen LogP contribution in [0.15, 0.2) is 23.4 Å². The minimum absolute atomic E-state index is 0.00479. The molecule has 35 heavy (non-hydrogen) atoms. The van der Waals surface area contributed by atoms with E-state index in [0.29, 0.717) is 11.6 Å². The summed E-state index contributed by atoms with van der Waals surface area (Å²) in [7, 11) is 0. The molecule has 0 aromatic heterocycles. The lowest BCUT2D eigenvalue weighted by atomic mass is 9.34. The molecule has 0 aromatic carbocycles. The van der Waals surface area contributed by atoms with E-state index in [-0.39, 0.29) is 39.3 Å². The number of carboxylic acid groups (broad SMARTS) is 1. The van der Waals surface area contributed by atoms with E-state index in [0.717, 1.165) is 51.4 Å². The molecule has 7 atom stereocenters. The van der Waals surface area contributed by atoms with Crippen molar-refractivity contribution in [2.45, 2.75) is 99.8 Å². The fourth-order valence-corrected chi connectivity index (χ4v) is 10.2. The van der Waals surface area contributed by atoms with Crippen molar-refractivity contribution in [2.24, 2.45) is 50.2 Å². The van der Waals surface area contributed by atoms with E-state index in [9.17, 15) is 14.7 Å². The lowest BCUT2D eigenvalue weighted by molar-refractivity contribution is -0.174. The van der Waals surface area contributed by atoms with Crippen molar-refractivity contribution in [3.63, 3.8) is 0 Å². The fourth-order valence-electron chi connectivity index (χ4n) is 10.2. The molecule has 0 aromatic rings. The highest BCUT2D eigenvalue weighted by Gasteiger charge is 2.69. The van der Waals surface area contributed by atoms with Gasteiger partial charge in [0.25, 0.3) is 0 Å². The third kappa shape index (κ3) is 2.90. The Morgan fingerprint density at radius 1 is 1.00 bits per heavy atom. The SMILES string of the molecule is [C-]#[N+]C1=C[C@]2(C)[C@H]3CC=C4[C@@H]5CC(C)(C)CC[C@]5(C(=O)O)CC[C@@]4(C)[C@]3(C)CC[C@H]2C(C)(C)C1=O. The number of Topliss-reactive ketones (excluding diaryl/α,β-unsaturated/α-hetero) is 1. The molecule has 0 aliphatic heterocycles. The average Bonchev–Trinajstić information content (AvgIpc) is 2.76. The van der Waals surface area contributed by atoms with Crippen molar-refractivity contribution in [2.75, 3.05) is 0 Å². The molecule has 1 N–H and O–H groups in total. The molecule has 0 saturated heterocycles. The van der Waals surface area contributed by atoms with Crippen LogP contribution in [-0.4, -0.2) is 16.9 Å². The Balaban J connectivity index is 1.66. The zero-order valence-electron chi connectivity index (χ0n) is 22.8. The monoisotopic (exact) mass is 477 g/mol. The number of carboxylic acids is 1. The van der Waals surface area contributed by atoms with Crippen molar-refractivity contribution >= 4 is 11.8 Å². The van der Waals surface area contributed by atoms with E-state index in [4.69, 9.17) is 6.57 Å². The molecular weight excluding hydrogens is 434 g/mol. The van der Waals surface area contributed by atoms with Gasteiger partial charge in [-0.15, -0.1) is 0 Å². The Hall–Kier alpha value is -1.89. The maximum Gasteiger partial charge on any atom is 0.310 e. The van der Waals surface area contributed by atoms with Gasteiger partial charge in [0, 0.05) is 5.41 Å². The second kappa shape index (κ2) is 7.11. The third-order valence-corrected chi connectivity index (χ3v) is 12.5. The molecular formula is C31H43NO3. The molecule has 0 bridgehead atoms. The van der Waals surface area contributed by atoms with Gasteiger partial charge >= 0.3 is 5.97 Å². The first kappa shape index (κ1) is 24.8. The Bertz CT molecular complexity index is 1100. The van der Waals surface area contributed by atoms with E-state index >= 15 is 0 Å². The number of fused-ring (bicyclic) bond motifs is 7. The zero-order chi connectivity index (χ0) is 25.8. The first-order valence-corrected chi connectivity index (χ1v) is 13.7. The summed E-state index contributed by atoms with van der Waals surface area (Å²) in [6.45, 7) is 23.7. The minimum atomic E-state index is -0.623. The van der Waals surface area contributed by atoms with Gasteiger partial charge in [0.15, 0.2) is 5.78 Å². The minimum Gasteiger partial charge on any atom is -0.481 e. The summed E-state index contributed by atoms with van der Waals surface area (Å²) < 4.78 is 0. The van der Waals surface area contributed by atoms with Gasteiger partial charge in [0.05, 0.1) is 12.0 Å². The number of hydrogen-bond donors (Lipinski definition) is 1. The van der Waals surface area contributed by atoms with Crippen LogP contribution in [0, 0.1) is 56.8 Å². The van der Waals surface area contributed by atoms with Crippen molar-refractivity contribution in [1.29, 1.82) is 0 Å². The lowest BCUT2D eigenvalue weighted by Crippen LogP contribution is -2.64. The standard InChI is InChI=1S/C31H43NO3/c1-26(2)13-15-31(25(34)35)16-14-29(6)19(20(31)17-26)9-10-23-28(5)18-21(32-8)24(33)27(3,4)22(28)11-12-30(23,29)7/h9,18,20,22-23H,10-17H2,1-7H3,(H,34,35)/t20-,22-,23+,28-,29+,30+,31-/m0/s1. The molecule has 0 spiro atoms. The van der Waals surface area contributed by atoms with Crippen molar-refractivity contribution in [3.05, 3.63) is 34.8 Å². The van der Waals surface area contributed by atoms with Crippen LogP contribution < -0.4 is 0 Å². The van der Waals surface area contributed by atoms with E-state index in [1.807, 2.05) is 0 Å².